The zero-order chi connectivity index (χ0) is 13.9. The summed E-state index contributed by atoms with van der Waals surface area (Å²) in [7, 11) is -3.25. The number of hydrogen-bond donors (Lipinski definition) is 0. The summed E-state index contributed by atoms with van der Waals surface area (Å²) in [6, 6.07) is 3.89. The molecule has 106 valence electrons. The molecule has 0 N–H and O–H groups in total. The zero-order valence-corrected chi connectivity index (χ0v) is 12.6. The van der Waals surface area contributed by atoms with Crippen LogP contribution in [0.4, 0.5) is 0 Å². The molecule has 4 nitrogen and oxygen atoms in total. The number of hydrogen-bond acceptors (Lipinski definition) is 3. The molecule has 0 bridgehead atoms. The maximum absolute atomic E-state index is 12.4. The van der Waals surface area contributed by atoms with Crippen LogP contribution in [0.5, 0.6) is 0 Å². The first-order valence-corrected chi connectivity index (χ1v) is 8.61. The molecule has 0 spiro atoms. The minimum atomic E-state index is -3.25. The quantitative estimate of drug-likeness (QED) is 0.726. The molecule has 1 unspecified atom stereocenters. The highest BCUT2D eigenvalue weighted by Gasteiger charge is 2.37. The van der Waals surface area contributed by atoms with Crippen LogP contribution in [0.2, 0.25) is 0 Å². The Balaban J connectivity index is 2.12. The molecule has 2 rings (SSSR count). The van der Waals surface area contributed by atoms with Crippen molar-refractivity contribution in [3.05, 3.63) is 30.1 Å². The van der Waals surface area contributed by atoms with Crippen LogP contribution in [0.1, 0.15) is 25.3 Å². The van der Waals surface area contributed by atoms with Gasteiger partial charge in [-0.2, -0.15) is 4.31 Å². The summed E-state index contributed by atoms with van der Waals surface area (Å²) in [5.41, 5.74) is 0.927. The SMILES string of the molecule is CC(CCl)CS(=O)(=O)N(Cc1cccnc1)C1CC1. The fraction of sp³-hybridized carbons (Fsp3) is 0.615. The molecule has 6 heteroatoms. The first-order chi connectivity index (χ1) is 9.03. The zero-order valence-electron chi connectivity index (χ0n) is 11.0. The van der Waals surface area contributed by atoms with Crippen LogP contribution in [0, 0.1) is 5.92 Å². The van der Waals surface area contributed by atoms with Crippen molar-refractivity contribution in [1.29, 1.82) is 0 Å². The third-order valence-corrected chi connectivity index (χ3v) is 5.79. The topological polar surface area (TPSA) is 50.3 Å². The Bertz CT molecular complexity index is 503. The second-order valence-corrected chi connectivity index (χ2v) is 7.45. The van der Waals surface area contributed by atoms with Gasteiger partial charge in [-0.1, -0.05) is 13.0 Å². The molecule has 1 fully saturated rings. The van der Waals surface area contributed by atoms with Gasteiger partial charge in [0.15, 0.2) is 0 Å². The molecular formula is C13H19ClN2O2S. The smallest absolute Gasteiger partial charge is 0.214 e. The van der Waals surface area contributed by atoms with Crippen LogP contribution in [-0.2, 0) is 16.6 Å². The normalized spacial score (nSPS) is 17.6. The number of halogens is 1. The minimum Gasteiger partial charge on any atom is -0.264 e. The van der Waals surface area contributed by atoms with Crippen LogP contribution in [-0.4, -0.2) is 35.4 Å². The number of sulfonamides is 1. The molecule has 1 atom stereocenters. The highest BCUT2D eigenvalue weighted by atomic mass is 35.5. The van der Waals surface area contributed by atoms with Crippen molar-refractivity contribution in [3.8, 4) is 0 Å². The van der Waals surface area contributed by atoms with E-state index in [1.54, 1.807) is 16.7 Å². The molecule has 19 heavy (non-hydrogen) atoms. The lowest BCUT2D eigenvalue weighted by Crippen LogP contribution is -2.36. The molecule has 1 heterocycles. The van der Waals surface area contributed by atoms with Crippen molar-refractivity contribution in [3.63, 3.8) is 0 Å². The molecule has 0 aliphatic heterocycles. The van der Waals surface area contributed by atoms with Gasteiger partial charge >= 0.3 is 0 Å². The molecule has 1 aromatic rings. The Morgan fingerprint density at radius 2 is 2.26 bits per heavy atom. The lowest BCUT2D eigenvalue weighted by Gasteiger charge is -2.23. The van der Waals surface area contributed by atoms with E-state index in [0.29, 0.717) is 12.4 Å². The molecule has 1 saturated carbocycles. The summed E-state index contributed by atoms with van der Waals surface area (Å²) in [4.78, 5) is 4.03. The number of aromatic nitrogens is 1. The third kappa shape index (κ3) is 4.16. The highest BCUT2D eigenvalue weighted by molar-refractivity contribution is 7.89. The molecule has 1 aromatic heterocycles. The lowest BCUT2D eigenvalue weighted by atomic mass is 10.3. The molecule has 0 aromatic carbocycles. The van der Waals surface area contributed by atoms with Gasteiger partial charge in [-0.25, -0.2) is 8.42 Å². The van der Waals surface area contributed by atoms with Crippen molar-refractivity contribution in [2.45, 2.75) is 32.4 Å². The molecule has 1 aliphatic rings. The molecular weight excluding hydrogens is 284 g/mol. The summed E-state index contributed by atoms with van der Waals surface area (Å²) in [6.45, 7) is 2.27. The monoisotopic (exact) mass is 302 g/mol. The number of nitrogens with zero attached hydrogens (tertiary/aromatic N) is 2. The largest absolute Gasteiger partial charge is 0.264 e. The van der Waals surface area contributed by atoms with Gasteiger partial charge in [-0.3, -0.25) is 4.98 Å². The fourth-order valence-electron chi connectivity index (χ4n) is 1.99. The van der Waals surface area contributed by atoms with E-state index >= 15 is 0 Å². The first-order valence-electron chi connectivity index (χ1n) is 6.47. The summed E-state index contributed by atoms with van der Waals surface area (Å²) in [5, 5.41) is 0. The van der Waals surface area contributed by atoms with E-state index < -0.39 is 10.0 Å². The van der Waals surface area contributed by atoms with E-state index in [1.807, 2.05) is 19.1 Å². The summed E-state index contributed by atoms with van der Waals surface area (Å²) >= 11 is 5.73. The van der Waals surface area contributed by atoms with Crippen molar-refractivity contribution in [2.24, 2.45) is 5.92 Å². The second-order valence-electron chi connectivity index (χ2n) is 5.18. The average molecular weight is 303 g/mol. The van der Waals surface area contributed by atoms with Gasteiger partial charge < -0.3 is 0 Å². The van der Waals surface area contributed by atoms with Crippen molar-refractivity contribution in [1.82, 2.24) is 9.29 Å². The third-order valence-electron chi connectivity index (χ3n) is 3.13. The summed E-state index contributed by atoms with van der Waals surface area (Å²) in [5.74, 6) is 0.458. The Hall–Kier alpha value is -0.650. The van der Waals surface area contributed by atoms with Gasteiger partial charge in [0, 0.05) is 30.9 Å². The second kappa shape index (κ2) is 6.20. The van der Waals surface area contributed by atoms with Crippen LogP contribution in [0.25, 0.3) is 0 Å². The predicted molar refractivity (Wildman–Crippen MR) is 76.5 cm³/mol. The molecule has 0 amide bonds. The van der Waals surface area contributed by atoms with Gasteiger partial charge in [-0.15, -0.1) is 11.6 Å². The molecule has 1 aliphatic carbocycles. The van der Waals surface area contributed by atoms with Gasteiger partial charge in [0.25, 0.3) is 0 Å². The van der Waals surface area contributed by atoms with E-state index in [4.69, 9.17) is 11.6 Å². The van der Waals surface area contributed by atoms with Crippen molar-refractivity contribution in [2.75, 3.05) is 11.6 Å². The number of alkyl halides is 1. The molecule has 0 saturated heterocycles. The van der Waals surface area contributed by atoms with E-state index in [-0.39, 0.29) is 17.7 Å². The maximum atomic E-state index is 12.4. The van der Waals surface area contributed by atoms with Crippen LogP contribution < -0.4 is 0 Å². The maximum Gasteiger partial charge on any atom is 0.214 e. The summed E-state index contributed by atoms with van der Waals surface area (Å²) < 4.78 is 26.5. The Morgan fingerprint density at radius 3 is 2.79 bits per heavy atom. The Morgan fingerprint density at radius 1 is 1.53 bits per heavy atom. The van der Waals surface area contributed by atoms with Crippen LogP contribution in [0.3, 0.4) is 0 Å². The van der Waals surface area contributed by atoms with E-state index in [1.165, 1.54) is 0 Å². The van der Waals surface area contributed by atoms with E-state index in [0.717, 1.165) is 18.4 Å². The predicted octanol–water partition coefficient (Wildman–Crippen LogP) is 2.25. The van der Waals surface area contributed by atoms with Gasteiger partial charge in [0.05, 0.1) is 5.75 Å². The van der Waals surface area contributed by atoms with Gasteiger partial charge in [0.1, 0.15) is 0 Å². The summed E-state index contributed by atoms with van der Waals surface area (Å²) in [6.07, 6.45) is 5.31. The Kier molecular flexibility index (Phi) is 4.81. The molecule has 0 radical (unpaired) electrons. The van der Waals surface area contributed by atoms with Gasteiger partial charge in [0.2, 0.25) is 10.0 Å². The number of pyridine rings is 1. The fourth-order valence-corrected chi connectivity index (χ4v) is 4.27. The van der Waals surface area contributed by atoms with Crippen molar-refractivity contribution >= 4 is 21.6 Å². The Labute approximate surface area is 119 Å². The van der Waals surface area contributed by atoms with Gasteiger partial charge in [-0.05, 0) is 30.4 Å². The lowest BCUT2D eigenvalue weighted by molar-refractivity contribution is 0.394. The minimum absolute atomic E-state index is 0.0261. The van der Waals surface area contributed by atoms with E-state index in [2.05, 4.69) is 4.98 Å². The van der Waals surface area contributed by atoms with Crippen molar-refractivity contribution < 1.29 is 8.42 Å². The van der Waals surface area contributed by atoms with E-state index in [9.17, 15) is 8.42 Å². The van der Waals surface area contributed by atoms with Crippen LogP contribution in [0.15, 0.2) is 24.5 Å². The van der Waals surface area contributed by atoms with Crippen LogP contribution >= 0.6 is 11.6 Å². The highest BCUT2D eigenvalue weighted by Crippen LogP contribution is 2.31. The standard InChI is InChI=1S/C13H19ClN2O2S/c1-11(7-14)10-19(17,18)16(13-4-5-13)9-12-3-2-6-15-8-12/h2-3,6,8,11,13H,4-5,7,9-10H2,1H3. The first kappa shape index (κ1) is 14.8. The number of rotatable bonds is 7. The average Bonchev–Trinajstić information content (AvgIpc) is 3.20.